The summed E-state index contributed by atoms with van der Waals surface area (Å²) < 4.78 is 2.23. The molecule has 0 aliphatic carbocycles. The molecule has 2 heterocycles. The Morgan fingerprint density at radius 3 is 2.19 bits per heavy atom. The van der Waals surface area contributed by atoms with Crippen LogP contribution in [0.5, 0.6) is 0 Å². The summed E-state index contributed by atoms with van der Waals surface area (Å²) in [5.41, 5.74) is 6.91. The van der Waals surface area contributed by atoms with Crippen LogP contribution in [0.4, 0.5) is 17.2 Å². The van der Waals surface area contributed by atoms with Crippen molar-refractivity contribution < 1.29 is 9.52 Å². The first-order chi connectivity index (χ1) is 20.0. The minimum absolute atomic E-state index is 0.00503. The van der Waals surface area contributed by atoms with Crippen LogP contribution >= 0.6 is 0 Å². The predicted octanol–water partition coefficient (Wildman–Crippen LogP) is 6.35. The van der Waals surface area contributed by atoms with Gasteiger partial charge in [0.15, 0.2) is 18.2 Å². The van der Waals surface area contributed by atoms with Gasteiger partial charge in [0, 0.05) is 47.9 Å². The quantitative estimate of drug-likeness (QED) is 0.186. The zero-order valence-corrected chi connectivity index (χ0v) is 24.3. The van der Waals surface area contributed by atoms with Crippen LogP contribution in [-0.2, 0) is 12.5 Å². The molecule has 0 radical (unpaired) electrons. The van der Waals surface area contributed by atoms with Crippen LogP contribution in [0.1, 0.15) is 42.3 Å². The van der Waals surface area contributed by atoms with E-state index in [9.17, 15) is 14.8 Å². The lowest BCUT2D eigenvalue weighted by Gasteiger charge is -2.19. The number of anilines is 3. The number of hydrogen-bond acceptors (Lipinski definition) is 5. The molecule has 0 fully saturated rings. The first-order valence-electron chi connectivity index (χ1n) is 13.7. The van der Waals surface area contributed by atoms with E-state index in [1.807, 2.05) is 73.7 Å². The molecule has 0 saturated carbocycles. The molecule has 5 aromatic rings. The van der Waals surface area contributed by atoms with Gasteiger partial charge in [-0.15, -0.1) is 0 Å². The van der Waals surface area contributed by atoms with Gasteiger partial charge in [0.25, 0.3) is 11.5 Å². The molecule has 0 aliphatic heterocycles. The molecular formula is C34H33N5O3. The summed E-state index contributed by atoms with van der Waals surface area (Å²) >= 11 is 0. The second-order valence-corrected chi connectivity index (χ2v) is 11.3. The standard InChI is InChI=1S/C34H33N5O3/c1-22-28(7-6-8-29(22)37-32(40)25-9-13-26(14-10-25)34(2,3)4)30-21-38(5)33(41)31(36-30)35-27-15-11-23(12-16-27)24-17-19-39(42)20-18-24/h6-21H,1-5H3,(H,35,36)(H,37,40). The van der Waals surface area contributed by atoms with Crippen LogP contribution in [0.3, 0.4) is 0 Å². The van der Waals surface area contributed by atoms with Gasteiger partial charge in [0.1, 0.15) is 0 Å². The van der Waals surface area contributed by atoms with E-state index in [0.29, 0.717) is 22.6 Å². The van der Waals surface area contributed by atoms with Gasteiger partial charge in [-0.1, -0.05) is 57.2 Å². The summed E-state index contributed by atoms with van der Waals surface area (Å²) in [4.78, 5) is 30.7. The zero-order valence-electron chi connectivity index (χ0n) is 24.3. The highest BCUT2D eigenvalue weighted by molar-refractivity contribution is 6.05. The fourth-order valence-electron chi connectivity index (χ4n) is 4.67. The van der Waals surface area contributed by atoms with Crippen molar-refractivity contribution in [3.63, 3.8) is 0 Å². The minimum atomic E-state index is -0.272. The normalized spacial score (nSPS) is 11.3. The molecule has 0 saturated heterocycles. The fourth-order valence-corrected chi connectivity index (χ4v) is 4.67. The van der Waals surface area contributed by atoms with Gasteiger partial charge < -0.3 is 20.4 Å². The number of aromatic nitrogens is 3. The highest BCUT2D eigenvalue weighted by Gasteiger charge is 2.17. The second-order valence-electron chi connectivity index (χ2n) is 11.3. The van der Waals surface area contributed by atoms with Gasteiger partial charge in [0.05, 0.1) is 5.69 Å². The second kappa shape index (κ2) is 11.3. The molecule has 0 aliphatic rings. The topological polar surface area (TPSA) is 103 Å². The van der Waals surface area contributed by atoms with Crippen LogP contribution in [-0.4, -0.2) is 15.5 Å². The van der Waals surface area contributed by atoms with E-state index >= 15 is 0 Å². The number of rotatable bonds is 6. The van der Waals surface area contributed by atoms with E-state index in [1.165, 1.54) is 17.0 Å². The Morgan fingerprint density at radius 2 is 1.55 bits per heavy atom. The van der Waals surface area contributed by atoms with Crippen molar-refractivity contribution in [3.8, 4) is 22.4 Å². The number of benzene rings is 3. The molecule has 212 valence electrons. The van der Waals surface area contributed by atoms with Crippen LogP contribution in [0.2, 0.25) is 0 Å². The third kappa shape index (κ3) is 6.07. The highest BCUT2D eigenvalue weighted by Crippen LogP contribution is 2.29. The van der Waals surface area contributed by atoms with E-state index in [1.54, 1.807) is 25.4 Å². The molecule has 0 spiro atoms. The highest BCUT2D eigenvalue weighted by atomic mass is 16.5. The predicted molar refractivity (Wildman–Crippen MR) is 167 cm³/mol. The molecule has 3 aromatic carbocycles. The first kappa shape index (κ1) is 28.3. The van der Waals surface area contributed by atoms with Crippen molar-refractivity contribution in [1.29, 1.82) is 0 Å². The van der Waals surface area contributed by atoms with Crippen molar-refractivity contribution in [3.05, 3.63) is 130 Å². The molecule has 0 unspecified atom stereocenters. The number of nitrogens with zero attached hydrogens (tertiary/aromatic N) is 3. The van der Waals surface area contributed by atoms with E-state index in [2.05, 4.69) is 36.4 Å². The number of carbonyl (C=O) groups is 1. The molecule has 2 N–H and O–H groups in total. The lowest BCUT2D eigenvalue weighted by molar-refractivity contribution is -0.605. The fraction of sp³-hybridized carbons (Fsp3) is 0.176. The molecule has 1 amide bonds. The summed E-state index contributed by atoms with van der Waals surface area (Å²) in [6.45, 7) is 8.33. The lowest BCUT2D eigenvalue weighted by atomic mass is 9.86. The Hall–Kier alpha value is -5.24. The van der Waals surface area contributed by atoms with Crippen LogP contribution in [0, 0.1) is 12.1 Å². The summed E-state index contributed by atoms with van der Waals surface area (Å²) in [7, 11) is 1.68. The Labute approximate surface area is 244 Å². The van der Waals surface area contributed by atoms with Crippen molar-refractivity contribution >= 4 is 23.1 Å². The van der Waals surface area contributed by atoms with E-state index in [0.717, 1.165) is 32.5 Å². The van der Waals surface area contributed by atoms with Crippen molar-refractivity contribution in [2.75, 3.05) is 10.6 Å². The van der Waals surface area contributed by atoms with Crippen molar-refractivity contribution in [1.82, 2.24) is 9.55 Å². The minimum Gasteiger partial charge on any atom is -0.619 e. The van der Waals surface area contributed by atoms with Crippen molar-refractivity contribution in [2.45, 2.75) is 33.1 Å². The lowest BCUT2D eigenvalue weighted by Crippen LogP contribution is -2.23. The van der Waals surface area contributed by atoms with E-state index < -0.39 is 0 Å². The monoisotopic (exact) mass is 559 g/mol. The number of nitrogens with one attached hydrogen (secondary N) is 2. The third-order valence-electron chi connectivity index (χ3n) is 7.23. The smallest absolute Gasteiger partial charge is 0.293 e. The molecule has 5 rings (SSSR count). The number of hydrogen-bond donors (Lipinski definition) is 2. The maximum absolute atomic E-state index is 13.1. The molecule has 8 heteroatoms. The molecule has 42 heavy (non-hydrogen) atoms. The van der Waals surface area contributed by atoms with Crippen LogP contribution in [0.25, 0.3) is 22.4 Å². The van der Waals surface area contributed by atoms with Crippen LogP contribution < -0.4 is 20.9 Å². The van der Waals surface area contributed by atoms with Crippen LogP contribution in [0.15, 0.2) is 102 Å². The number of pyridine rings is 1. The van der Waals surface area contributed by atoms with Gasteiger partial charge >= 0.3 is 0 Å². The van der Waals surface area contributed by atoms with Crippen molar-refractivity contribution in [2.24, 2.45) is 7.05 Å². The summed E-state index contributed by atoms with van der Waals surface area (Å²) in [6, 6.07) is 24.3. The van der Waals surface area contributed by atoms with E-state index in [-0.39, 0.29) is 22.7 Å². The molecule has 0 atom stereocenters. The average Bonchev–Trinajstić information content (AvgIpc) is 2.97. The summed E-state index contributed by atoms with van der Waals surface area (Å²) in [5.74, 6) is -0.0136. The molecule has 8 nitrogen and oxygen atoms in total. The van der Waals surface area contributed by atoms with E-state index in [4.69, 9.17) is 0 Å². The Bertz CT molecular complexity index is 1800. The van der Waals surface area contributed by atoms with Gasteiger partial charge in [-0.2, -0.15) is 4.73 Å². The zero-order chi connectivity index (χ0) is 30.0. The van der Waals surface area contributed by atoms with Gasteiger partial charge in [-0.3, -0.25) is 9.59 Å². The maximum Gasteiger partial charge on any atom is 0.293 e. The number of carbonyl (C=O) groups excluding carboxylic acids is 1. The first-order valence-corrected chi connectivity index (χ1v) is 13.7. The Kier molecular flexibility index (Phi) is 7.63. The average molecular weight is 560 g/mol. The summed E-state index contributed by atoms with van der Waals surface area (Å²) in [6.07, 6.45) is 4.59. The molecule has 0 bridgehead atoms. The maximum atomic E-state index is 13.1. The third-order valence-corrected chi connectivity index (χ3v) is 7.23. The van der Waals surface area contributed by atoms with Gasteiger partial charge in [0.2, 0.25) is 0 Å². The van der Waals surface area contributed by atoms with Gasteiger partial charge in [-0.05, 0) is 64.9 Å². The summed E-state index contributed by atoms with van der Waals surface area (Å²) in [5, 5.41) is 17.5. The Balaban J connectivity index is 1.39. The molecular weight excluding hydrogens is 526 g/mol. The SMILES string of the molecule is Cc1c(NC(=O)c2ccc(C(C)(C)C)cc2)cccc1-c1cn(C)c(=O)c(Nc2ccc(-c3cc[n+]([O-])cc3)cc2)n1. The number of aryl methyl sites for hydroxylation is 1. The Morgan fingerprint density at radius 1 is 0.905 bits per heavy atom. The largest absolute Gasteiger partial charge is 0.619 e. The van der Waals surface area contributed by atoms with Gasteiger partial charge in [-0.25, -0.2) is 4.98 Å². The molecule has 2 aromatic heterocycles. The number of amides is 1.